The molecule has 5 amide bonds. The molecule has 1 aromatic rings. The molecule has 0 radical (unpaired) electrons. The first kappa shape index (κ1) is 46.5. The number of hydrogen-bond acceptors (Lipinski definition) is 9. The predicted octanol–water partition coefficient (Wildman–Crippen LogP) is 3.16. The zero-order valence-electron chi connectivity index (χ0n) is 35.1. The molecule has 3 rings (SSSR count). The molecule has 2 heterocycles. The third-order valence-electron chi connectivity index (χ3n) is 11.2. The molecule has 57 heavy (non-hydrogen) atoms. The minimum atomic E-state index is -1.38. The van der Waals surface area contributed by atoms with Crippen molar-refractivity contribution in [3.63, 3.8) is 0 Å². The second-order valence-corrected chi connectivity index (χ2v) is 16.5. The smallest absolute Gasteiger partial charge is 0.329 e. The van der Waals surface area contributed by atoms with Crippen LogP contribution in [0.5, 0.6) is 0 Å². The zero-order chi connectivity index (χ0) is 42.6. The van der Waals surface area contributed by atoms with Gasteiger partial charge in [-0.15, -0.1) is 12.3 Å². The number of rotatable bonds is 9. The fraction of sp³-hybridized carbons (Fsp3) is 0.651. The van der Waals surface area contributed by atoms with Crippen LogP contribution in [0.15, 0.2) is 30.3 Å². The number of hydrogen-bond donors (Lipinski definition) is 3. The second kappa shape index (κ2) is 21.0. The van der Waals surface area contributed by atoms with Crippen molar-refractivity contribution in [1.82, 2.24) is 25.8 Å². The van der Waals surface area contributed by atoms with E-state index in [1.807, 2.05) is 37.3 Å². The summed E-state index contributed by atoms with van der Waals surface area (Å²) in [6.07, 6.45) is 5.56. The highest BCUT2D eigenvalue weighted by molar-refractivity contribution is 5.96. The van der Waals surface area contributed by atoms with Crippen molar-refractivity contribution in [2.75, 3.05) is 20.1 Å². The summed E-state index contributed by atoms with van der Waals surface area (Å²) >= 11 is 0. The van der Waals surface area contributed by atoms with Gasteiger partial charge in [0.05, 0.1) is 5.41 Å². The fourth-order valence-electron chi connectivity index (χ4n) is 7.08. The number of carbonyl (C=O) groups is 7. The lowest BCUT2D eigenvalue weighted by molar-refractivity contribution is -0.170. The van der Waals surface area contributed by atoms with Crippen LogP contribution in [0, 0.1) is 35.5 Å². The first-order chi connectivity index (χ1) is 26.8. The van der Waals surface area contributed by atoms with Gasteiger partial charge < -0.3 is 35.2 Å². The minimum Gasteiger partial charge on any atom is -0.460 e. The van der Waals surface area contributed by atoms with Crippen LogP contribution in [0.25, 0.3) is 0 Å². The van der Waals surface area contributed by atoms with E-state index in [4.69, 9.17) is 15.9 Å². The maximum atomic E-state index is 14.4. The Morgan fingerprint density at radius 1 is 0.895 bits per heavy atom. The zero-order valence-corrected chi connectivity index (χ0v) is 35.1. The van der Waals surface area contributed by atoms with Crippen molar-refractivity contribution in [2.24, 2.45) is 23.2 Å². The Hall–Kier alpha value is -4.93. The quantitative estimate of drug-likeness (QED) is 0.192. The van der Waals surface area contributed by atoms with E-state index < -0.39 is 108 Å². The molecule has 314 valence electrons. The van der Waals surface area contributed by atoms with E-state index in [-0.39, 0.29) is 19.4 Å². The number of amides is 5. The first-order valence-electron chi connectivity index (χ1n) is 20.2. The molecule has 14 nitrogen and oxygen atoms in total. The van der Waals surface area contributed by atoms with Crippen LogP contribution in [0.2, 0.25) is 0 Å². The number of carbonyl (C=O) groups excluding carboxylic acids is 7. The van der Waals surface area contributed by atoms with Gasteiger partial charge in [-0.25, -0.2) is 4.79 Å². The lowest BCUT2D eigenvalue weighted by Gasteiger charge is -2.37. The molecule has 0 aromatic heterocycles. The highest BCUT2D eigenvalue weighted by Crippen LogP contribution is 2.30. The monoisotopic (exact) mass is 793 g/mol. The number of fused-ring (bicyclic) bond motifs is 1. The molecular formula is C43H63N5O9. The Kier molecular flexibility index (Phi) is 17.1. The van der Waals surface area contributed by atoms with Crippen LogP contribution in [-0.4, -0.2) is 108 Å². The van der Waals surface area contributed by atoms with Gasteiger partial charge in [0.15, 0.2) is 6.10 Å². The molecule has 2 aliphatic rings. The van der Waals surface area contributed by atoms with Gasteiger partial charge in [0, 0.05) is 32.4 Å². The molecule has 0 saturated carbocycles. The molecule has 0 aliphatic carbocycles. The lowest BCUT2D eigenvalue weighted by Crippen LogP contribution is -2.59. The van der Waals surface area contributed by atoms with Gasteiger partial charge in [0.1, 0.15) is 36.8 Å². The number of esters is 2. The Morgan fingerprint density at radius 2 is 1.54 bits per heavy atom. The standard InChI is InChI=1S/C43H63N5O9/c1-11-13-15-22-32-43(8,9)42(55)46-35(27(5)6)39(52)47(10)31(24-29-19-16-14-17-20-29)41(54)57-36(28(7)12-2)40(53)48-23-18-21-30(48)37(50)45-34(26(3)4)38(51)44-25-33(49)56-32/h1,14,16-17,19-20,26-28,30-32,34-36H,12-13,15,18,21-25H2,2-10H3,(H,44,51)(H,45,50)(H,46,55)/t28-,30-,31-,32-,34-,35-,36-/m0/s1. The van der Waals surface area contributed by atoms with E-state index in [1.54, 1.807) is 48.5 Å². The number of nitrogens with zero attached hydrogens (tertiary/aromatic N) is 2. The number of cyclic esters (lactones) is 2. The SMILES string of the molecule is C#CCCC[C@@H]1OC(=O)CNC(=O)[C@H](C(C)C)NC(=O)[C@@H]2CCCN2C(=O)[C@H]([C@@H](C)CC)OC(=O)[C@H](Cc2ccccc2)N(C)C(=O)[C@H](C(C)C)NC(=O)C1(C)C. The third kappa shape index (κ3) is 12.0. The van der Waals surface area contributed by atoms with Gasteiger partial charge in [-0.05, 0) is 63.4 Å². The minimum absolute atomic E-state index is 0.0498. The van der Waals surface area contributed by atoms with Crippen molar-refractivity contribution in [1.29, 1.82) is 0 Å². The fourth-order valence-corrected chi connectivity index (χ4v) is 7.08. The van der Waals surface area contributed by atoms with E-state index in [1.165, 1.54) is 16.8 Å². The van der Waals surface area contributed by atoms with Crippen molar-refractivity contribution in [3.05, 3.63) is 35.9 Å². The summed E-state index contributed by atoms with van der Waals surface area (Å²) in [4.78, 5) is 101. The van der Waals surface area contributed by atoms with Crippen LogP contribution in [0.1, 0.15) is 99.5 Å². The van der Waals surface area contributed by atoms with Crippen LogP contribution in [-0.2, 0) is 49.5 Å². The second-order valence-electron chi connectivity index (χ2n) is 16.5. The Balaban J connectivity index is 2.15. The average molecular weight is 794 g/mol. The van der Waals surface area contributed by atoms with Gasteiger partial charge in [-0.3, -0.25) is 28.8 Å². The maximum absolute atomic E-state index is 14.4. The van der Waals surface area contributed by atoms with E-state index in [2.05, 4.69) is 21.9 Å². The normalized spacial score (nSPS) is 26.6. The molecule has 14 heteroatoms. The van der Waals surface area contributed by atoms with Crippen molar-refractivity contribution < 1.29 is 43.0 Å². The summed E-state index contributed by atoms with van der Waals surface area (Å²) in [6.45, 7) is 13.5. The van der Waals surface area contributed by atoms with Crippen molar-refractivity contribution in [2.45, 2.75) is 137 Å². The molecule has 0 bridgehead atoms. The van der Waals surface area contributed by atoms with E-state index in [0.717, 1.165) is 5.56 Å². The van der Waals surface area contributed by atoms with Gasteiger partial charge in [-0.2, -0.15) is 0 Å². The predicted molar refractivity (Wildman–Crippen MR) is 214 cm³/mol. The van der Waals surface area contributed by atoms with Gasteiger partial charge in [-0.1, -0.05) is 71.9 Å². The van der Waals surface area contributed by atoms with Gasteiger partial charge in [0.2, 0.25) is 23.6 Å². The summed E-state index contributed by atoms with van der Waals surface area (Å²) in [5, 5.41) is 8.21. The summed E-state index contributed by atoms with van der Waals surface area (Å²) in [5.74, 6) is -3.27. The van der Waals surface area contributed by atoms with Gasteiger partial charge in [0.25, 0.3) is 5.91 Å². The first-order valence-corrected chi connectivity index (χ1v) is 20.2. The van der Waals surface area contributed by atoms with Crippen LogP contribution in [0.3, 0.4) is 0 Å². The highest BCUT2D eigenvalue weighted by atomic mass is 16.6. The van der Waals surface area contributed by atoms with Crippen molar-refractivity contribution >= 4 is 41.5 Å². The molecule has 2 saturated heterocycles. The van der Waals surface area contributed by atoms with E-state index >= 15 is 0 Å². The van der Waals surface area contributed by atoms with E-state index in [9.17, 15) is 33.6 Å². The molecule has 1 aromatic carbocycles. The third-order valence-corrected chi connectivity index (χ3v) is 11.2. The number of unbranched alkanes of at least 4 members (excludes halogenated alkanes) is 1. The molecule has 3 N–H and O–H groups in total. The molecule has 0 spiro atoms. The maximum Gasteiger partial charge on any atom is 0.329 e. The number of terminal acetylenes is 1. The molecule has 2 aliphatic heterocycles. The van der Waals surface area contributed by atoms with Crippen LogP contribution < -0.4 is 16.0 Å². The topological polar surface area (TPSA) is 181 Å². The summed E-state index contributed by atoms with van der Waals surface area (Å²) in [6, 6.07) is 4.75. The van der Waals surface area contributed by atoms with Crippen LogP contribution >= 0.6 is 0 Å². The lowest BCUT2D eigenvalue weighted by atomic mass is 9.82. The largest absolute Gasteiger partial charge is 0.460 e. The van der Waals surface area contributed by atoms with E-state index in [0.29, 0.717) is 32.1 Å². The Bertz CT molecular complexity index is 1640. The molecule has 7 atom stereocenters. The highest BCUT2D eigenvalue weighted by Gasteiger charge is 2.45. The average Bonchev–Trinajstić information content (AvgIpc) is 3.67. The number of ether oxygens (including phenoxy) is 2. The van der Waals surface area contributed by atoms with Crippen LogP contribution in [0.4, 0.5) is 0 Å². The summed E-state index contributed by atoms with van der Waals surface area (Å²) < 4.78 is 11.9. The molecular weight excluding hydrogens is 730 g/mol. The number of nitrogens with one attached hydrogen (secondary N) is 3. The number of likely N-dealkylation sites (N-methyl/N-ethyl adjacent to an activating group) is 1. The Morgan fingerprint density at radius 3 is 2.14 bits per heavy atom. The summed E-state index contributed by atoms with van der Waals surface area (Å²) in [5.41, 5.74) is -0.652. The number of benzene rings is 1. The Labute approximate surface area is 337 Å². The molecule has 2 fully saturated rings. The van der Waals surface area contributed by atoms with Gasteiger partial charge >= 0.3 is 11.9 Å². The summed E-state index contributed by atoms with van der Waals surface area (Å²) in [7, 11) is 1.47. The van der Waals surface area contributed by atoms with Crippen molar-refractivity contribution in [3.8, 4) is 12.3 Å². The molecule has 0 unspecified atom stereocenters.